The largest absolute Gasteiger partial charge is 0.372 e. The van der Waals surface area contributed by atoms with Crippen LogP contribution in [0.2, 0.25) is 0 Å². The Morgan fingerprint density at radius 3 is 2.10 bits per heavy atom. The lowest BCUT2D eigenvalue weighted by molar-refractivity contribution is -0.136. The summed E-state index contributed by atoms with van der Waals surface area (Å²) in [5.74, 6) is -1.54. The minimum atomic E-state index is -3.76. The molecule has 0 atom stereocenters. The van der Waals surface area contributed by atoms with Crippen LogP contribution in [0.25, 0.3) is 0 Å². The highest BCUT2D eigenvalue weighted by Crippen LogP contribution is 2.21. The summed E-state index contributed by atoms with van der Waals surface area (Å²) >= 11 is 0. The van der Waals surface area contributed by atoms with Gasteiger partial charge in [0.05, 0.1) is 4.90 Å². The van der Waals surface area contributed by atoms with Crippen molar-refractivity contribution < 1.29 is 18.0 Å². The number of rotatable bonds is 5. The summed E-state index contributed by atoms with van der Waals surface area (Å²) in [5.41, 5.74) is 2.29. The minimum absolute atomic E-state index is 0.0154. The third kappa shape index (κ3) is 5.78. The number of nitrogens with one attached hydrogen (secondary N) is 2. The van der Waals surface area contributed by atoms with Gasteiger partial charge in [-0.25, -0.2) is 13.6 Å². The van der Waals surface area contributed by atoms with E-state index in [1.807, 2.05) is 12.1 Å². The van der Waals surface area contributed by atoms with Crippen LogP contribution in [-0.4, -0.2) is 33.3 Å². The molecule has 0 spiro atoms. The predicted octanol–water partition coefficient (Wildman–Crippen LogP) is 1.58. The molecule has 1 fully saturated rings. The van der Waals surface area contributed by atoms with Gasteiger partial charge in [0.25, 0.3) is 0 Å². The molecule has 2 aromatic rings. The van der Waals surface area contributed by atoms with Gasteiger partial charge >= 0.3 is 11.8 Å². The predicted molar refractivity (Wildman–Crippen MR) is 111 cm³/mol. The first kappa shape index (κ1) is 20.8. The van der Waals surface area contributed by atoms with Crippen molar-refractivity contribution in [3.8, 4) is 0 Å². The molecule has 0 bridgehead atoms. The monoisotopic (exact) mass is 416 g/mol. The first-order valence-electron chi connectivity index (χ1n) is 9.39. The molecule has 29 heavy (non-hydrogen) atoms. The van der Waals surface area contributed by atoms with Crippen molar-refractivity contribution in [1.82, 2.24) is 5.32 Å². The quantitative estimate of drug-likeness (QED) is 0.639. The number of hydrogen-bond donors (Lipinski definition) is 3. The summed E-state index contributed by atoms with van der Waals surface area (Å²) in [6, 6.07) is 13.2. The first-order chi connectivity index (χ1) is 13.8. The summed E-state index contributed by atoms with van der Waals surface area (Å²) in [5, 5.41) is 10.1. The molecule has 9 heteroatoms. The topological polar surface area (TPSA) is 122 Å². The third-order valence-corrected chi connectivity index (χ3v) is 5.69. The summed E-state index contributed by atoms with van der Waals surface area (Å²) < 4.78 is 22.5. The SMILES string of the molecule is NS(=O)(=O)c1ccc(CNC(=O)C(=O)Nc2ccc(N3CCCCC3)cc2)cc1. The van der Waals surface area contributed by atoms with Crippen LogP contribution in [-0.2, 0) is 26.2 Å². The number of primary sulfonamides is 1. The summed E-state index contributed by atoms with van der Waals surface area (Å²) in [6.07, 6.45) is 3.63. The fraction of sp³-hybridized carbons (Fsp3) is 0.300. The number of piperidine rings is 1. The third-order valence-electron chi connectivity index (χ3n) is 4.76. The van der Waals surface area contributed by atoms with Crippen LogP contribution in [0.3, 0.4) is 0 Å². The van der Waals surface area contributed by atoms with Crippen molar-refractivity contribution >= 4 is 33.2 Å². The molecule has 1 saturated heterocycles. The molecule has 154 valence electrons. The Bertz CT molecular complexity index is 967. The van der Waals surface area contributed by atoms with Gasteiger partial charge in [-0.3, -0.25) is 9.59 Å². The van der Waals surface area contributed by atoms with Crippen LogP contribution >= 0.6 is 0 Å². The second kappa shape index (κ2) is 9.06. The van der Waals surface area contributed by atoms with E-state index in [9.17, 15) is 18.0 Å². The summed E-state index contributed by atoms with van der Waals surface area (Å²) in [4.78, 5) is 26.4. The Balaban J connectivity index is 1.50. The molecule has 1 aliphatic heterocycles. The molecular formula is C20H24N4O4S. The fourth-order valence-electron chi connectivity index (χ4n) is 3.16. The molecular weight excluding hydrogens is 392 g/mol. The lowest BCUT2D eigenvalue weighted by Gasteiger charge is -2.28. The van der Waals surface area contributed by atoms with E-state index in [-0.39, 0.29) is 11.4 Å². The molecule has 8 nitrogen and oxygen atoms in total. The molecule has 3 rings (SSSR count). The van der Waals surface area contributed by atoms with Crippen LogP contribution in [0.4, 0.5) is 11.4 Å². The van der Waals surface area contributed by atoms with Crippen LogP contribution in [0.1, 0.15) is 24.8 Å². The normalized spacial score (nSPS) is 14.3. The molecule has 0 aliphatic carbocycles. The molecule has 2 amide bonds. The highest BCUT2D eigenvalue weighted by molar-refractivity contribution is 7.89. The molecule has 0 unspecified atom stereocenters. The van der Waals surface area contributed by atoms with Crippen molar-refractivity contribution in [2.45, 2.75) is 30.7 Å². The zero-order valence-electron chi connectivity index (χ0n) is 15.9. The van der Waals surface area contributed by atoms with Crippen molar-refractivity contribution in [2.24, 2.45) is 5.14 Å². The number of nitrogens with zero attached hydrogens (tertiary/aromatic N) is 1. The van der Waals surface area contributed by atoms with E-state index in [2.05, 4.69) is 15.5 Å². The summed E-state index contributed by atoms with van der Waals surface area (Å²) in [6.45, 7) is 2.16. The van der Waals surface area contributed by atoms with Crippen molar-refractivity contribution in [2.75, 3.05) is 23.3 Å². The van der Waals surface area contributed by atoms with Crippen LogP contribution in [0.15, 0.2) is 53.4 Å². The van der Waals surface area contributed by atoms with Gasteiger partial charge in [-0.15, -0.1) is 0 Å². The average molecular weight is 417 g/mol. The molecule has 0 saturated carbocycles. The van der Waals surface area contributed by atoms with E-state index in [4.69, 9.17) is 5.14 Å². The maximum Gasteiger partial charge on any atom is 0.313 e. The molecule has 1 aliphatic rings. The number of sulfonamides is 1. The second-order valence-electron chi connectivity index (χ2n) is 6.92. The Labute approximate surface area is 170 Å². The van der Waals surface area contributed by atoms with Gasteiger partial charge in [-0.2, -0.15) is 0 Å². The lowest BCUT2D eigenvalue weighted by Crippen LogP contribution is -2.35. The summed E-state index contributed by atoms with van der Waals surface area (Å²) in [7, 11) is -3.76. The van der Waals surface area contributed by atoms with E-state index in [0.717, 1.165) is 18.8 Å². The number of anilines is 2. The second-order valence-corrected chi connectivity index (χ2v) is 8.48. The Hall–Kier alpha value is -2.91. The van der Waals surface area contributed by atoms with Gasteiger partial charge in [-0.1, -0.05) is 12.1 Å². The number of benzene rings is 2. The Morgan fingerprint density at radius 2 is 1.52 bits per heavy atom. The molecule has 2 aromatic carbocycles. The van der Waals surface area contributed by atoms with Gasteiger partial charge in [0, 0.05) is 31.0 Å². The van der Waals surface area contributed by atoms with Crippen LogP contribution < -0.4 is 20.7 Å². The average Bonchev–Trinajstić information content (AvgIpc) is 2.73. The van der Waals surface area contributed by atoms with Gasteiger partial charge < -0.3 is 15.5 Å². The number of carbonyl (C=O) groups excluding carboxylic acids is 2. The van der Waals surface area contributed by atoms with E-state index in [1.54, 1.807) is 12.1 Å². The number of amides is 2. The molecule has 0 radical (unpaired) electrons. The maximum atomic E-state index is 12.1. The highest BCUT2D eigenvalue weighted by atomic mass is 32.2. The number of hydrogen-bond acceptors (Lipinski definition) is 5. The molecule has 4 N–H and O–H groups in total. The van der Waals surface area contributed by atoms with E-state index in [1.165, 1.54) is 43.5 Å². The molecule has 1 heterocycles. The van der Waals surface area contributed by atoms with E-state index < -0.39 is 21.8 Å². The Morgan fingerprint density at radius 1 is 0.897 bits per heavy atom. The highest BCUT2D eigenvalue weighted by Gasteiger charge is 2.15. The Kier molecular flexibility index (Phi) is 6.50. The van der Waals surface area contributed by atoms with E-state index in [0.29, 0.717) is 11.3 Å². The van der Waals surface area contributed by atoms with Crippen LogP contribution in [0, 0.1) is 0 Å². The minimum Gasteiger partial charge on any atom is -0.372 e. The van der Waals surface area contributed by atoms with Crippen molar-refractivity contribution in [3.63, 3.8) is 0 Å². The van der Waals surface area contributed by atoms with E-state index >= 15 is 0 Å². The van der Waals surface area contributed by atoms with Gasteiger partial charge in [0.2, 0.25) is 10.0 Å². The van der Waals surface area contributed by atoms with Gasteiger partial charge in [0.15, 0.2) is 0 Å². The van der Waals surface area contributed by atoms with Crippen molar-refractivity contribution in [3.05, 3.63) is 54.1 Å². The van der Waals surface area contributed by atoms with Crippen LogP contribution in [0.5, 0.6) is 0 Å². The standard InChI is InChI=1S/C20H24N4O4S/c21-29(27,28)18-10-4-15(5-11-18)14-22-19(25)20(26)23-16-6-8-17(9-7-16)24-12-2-1-3-13-24/h4-11H,1-3,12-14H2,(H,22,25)(H,23,26)(H2,21,27,28). The molecule has 0 aromatic heterocycles. The van der Waals surface area contributed by atoms with Gasteiger partial charge in [0.1, 0.15) is 0 Å². The maximum absolute atomic E-state index is 12.1. The van der Waals surface area contributed by atoms with Crippen molar-refractivity contribution in [1.29, 1.82) is 0 Å². The fourth-order valence-corrected chi connectivity index (χ4v) is 3.67. The smallest absolute Gasteiger partial charge is 0.313 e. The number of carbonyl (C=O) groups is 2. The zero-order valence-corrected chi connectivity index (χ0v) is 16.7. The first-order valence-corrected chi connectivity index (χ1v) is 10.9. The van der Waals surface area contributed by atoms with Gasteiger partial charge in [-0.05, 0) is 61.2 Å². The number of nitrogens with two attached hydrogens (primary N) is 1. The zero-order chi connectivity index (χ0) is 20.9. The lowest BCUT2D eigenvalue weighted by atomic mass is 10.1.